The van der Waals surface area contributed by atoms with Gasteiger partial charge in [-0.1, -0.05) is 25.6 Å². The van der Waals surface area contributed by atoms with Gasteiger partial charge < -0.3 is 19.5 Å². The number of aliphatic imine (C=N–C) groups is 1. The molecule has 0 radical (unpaired) electrons. The Hall–Kier alpha value is -1.28. The van der Waals surface area contributed by atoms with Crippen LogP contribution in [0.1, 0.15) is 45.9 Å². The molecule has 1 fully saturated rings. The largest absolute Gasteiger partial charge is 0.379 e. The van der Waals surface area contributed by atoms with Crippen LogP contribution in [0.15, 0.2) is 10.1 Å². The fraction of sp³-hybridized carbons (Fsp3) is 0.850. The van der Waals surface area contributed by atoms with Gasteiger partial charge in [-0.25, -0.2) is 0 Å². The molecular weight excluding hydrogens is 372 g/mol. The standard InChI is InChI=1S/C20H38N6OS/c1-6-21-19(25(4)12-13-27-15-17-9-10-17)22-11-7-8-18-23-24-20(28-5)26(18)14-16(2)3/h16-17H,6-15H2,1-5H3,(H,21,22). The Morgan fingerprint density at radius 1 is 1.39 bits per heavy atom. The molecule has 0 atom stereocenters. The molecule has 2 rings (SSSR count). The molecule has 1 aromatic rings. The molecule has 1 saturated carbocycles. The molecule has 0 aromatic carbocycles. The molecule has 160 valence electrons. The summed E-state index contributed by atoms with van der Waals surface area (Å²) in [7, 11) is 2.08. The predicted molar refractivity (Wildman–Crippen MR) is 117 cm³/mol. The van der Waals surface area contributed by atoms with E-state index in [-0.39, 0.29) is 0 Å². The van der Waals surface area contributed by atoms with Crippen LogP contribution in [0.3, 0.4) is 0 Å². The summed E-state index contributed by atoms with van der Waals surface area (Å²) < 4.78 is 8.01. The van der Waals surface area contributed by atoms with Crippen molar-refractivity contribution in [2.75, 3.05) is 46.2 Å². The fourth-order valence-electron chi connectivity index (χ4n) is 2.94. The van der Waals surface area contributed by atoms with Crippen LogP contribution in [0.5, 0.6) is 0 Å². The average molecular weight is 411 g/mol. The Kier molecular flexibility index (Phi) is 10.1. The molecular formula is C20H38N6OS. The lowest BCUT2D eigenvalue weighted by Gasteiger charge is -2.22. The first-order chi connectivity index (χ1) is 13.5. The second kappa shape index (κ2) is 12.3. The average Bonchev–Trinajstić information content (AvgIpc) is 3.42. The van der Waals surface area contributed by atoms with E-state index in [1.54, 1.807) is 11.8 Å². The first-order valence-electron chi connectivity index (χ1n) is 10.6. The van der Waals surface area contributed by atoms with Crippen molar-refractivity contribution in [3.8, 4) is 0 Å². The number of thioether (sulfide) groups is 1. The van der Waals surface area contributed by atoms with E-state index < -0.39 is 0 Å². The van der Waals surface area contributed by atoms with Crippen molar-refractivity contribution >= 4 is 17.7 Å². The molecule has 7 nitrogen and oxygen atoms in total. The monoisotopic (exact) mass is 410 g/mol. The van der Waals surface area contributed by atoms with Gasteiger partial charge in [-0.15, -0.1) is 10.2 Å². The molecule has 0 amide bonds. The highest BCUT2D eigenvalue weighted by atomic mass is 32.2. The fourth-order valence-corrected chi connectivity index (χ4v) is 3.46. The van der Waals surface area contributed by atoms with Crippen molar-refractivity contribution in [1.29, 1.82) is 0 Å². The summed E-state index contributed by atoms with van der Waals surface area (Å²) >= 11 is 1.66. The number of aryl methyl sites for hydroxylation is 1. The van der Waals surface area contributed by atoms with E-state index in [1.807, 2.05) is 0 Å². The van der Waals surface area contributed by atoms with Crippen LogP contribution < -0.4 is 5.32 Å². The molecule has 1 aliphatic rings. The van der Waals surface area contributed by atoms with Crippen LogP contribution in [0.4, 0.5) is 0 Å². The molecule has 1 heterocycles. The summed E-state index contributed by atoms with van der Waals surface area (Å²) in [4.78, 5) is 6.94. The number of nitrogens with zero attached hydrogens (tertiary/aromatic N) is 5. The van der Waals surface area contributed by atoms with Gasteiger partial charge in [0.2, 0.25) is 0 Å². The normalized spacial score (nSPS) is 14.7. The summed E-state index contributed by atoms with van der Waals surface area (Å²) in [5.41, 5.74) is 0. The SMILES string of the molecule is CCNC(=NCCCc1nnc(SC)n1CC(C)C)N(C)CCOCC1CC1. The van der Waals surface area contributed by atoms with Crippen molar-refractivity contribution < 1.29 is 4.74 Å². The Morgan fingerprint density at radius 3 is 2.82 bits per heavy atom. The van der Waals surface area contributed by atoms with Gasteiger partial charge >= 0.3 is 0 Å². The maximum atomic E-state index is 5.75. The molecule has 0 bridgehead atoms. The highest BCUT2D eigenvalue weighted by Gasteiger charge is 2.21. The van der Waals surface area contributed by atoms with Crippen LogP contribution in [0.2, 0.25) is 0 Å². The van der Waals surface area contributed by atoms with Crippen molar-refractivity contribution in [2.24, 2.45) is 16.8 Å². The Balaban J connectivity index is 1.79. The van der Waals surface area contributed by atoms with E-state index in [0.717, 1.165) is 75.1 Å². The van der Waals surface area contributed by atoms with Gasteiger partial charge in [-0.05, 0) is 44.3 Å². The van der Waals surface area contributed by atoms with Gasteiger partial charge in [0.1, 0.15) is 5.82 Å². The van der Waals surface area contributed by atoms with E-state index >= 15 is 0 Å². The van der Waals surface area contributed by atoms with Crippen LogP contribution in [-0.2, 0) is 17.7 Å². The summed E-state index contributed by atoms with van der Waals surface area (Å²) in [6.45, 7) is 11.7. The van der Waals surface area contributed by atoms with E-state index in [4.69, 9.17) is 9.73 Å². The quantitative estimate of drug-likeness (QED) is 0.233. The smallest absolute Gasteiger partial charge is 0.193 e. The molecule has 1 N–H and O–H groups in total. The first kappa shape index (κ1) is 23.0. The minimum absolute atomic E-state index is 0.579. The predicted octanol–water partition coefficient (Wildman–Crippen LogP) is 2.91. The third kappa shape index (κ3) is 7.99. The van der Waals surface area contributed by atoms with Gasteiger partial charge in [0.05, 0.1) is 6.61 Å². The minimum atomic E-state index is 0.579. The van der Waals surface area contributed by atoms with Crippen molar-refractivity contribution in [2.45, 2.75) is 58.2 Å². The number of rotatable bonds is 13. The number of guanidine groups is 1. The second-order valence-corrected chi connectivity index (χ2v) is 8.66. The zero-order chi connectivity index (χ0) is 20.4. The van der Waals surface area contributed by atoms with Crippen LogP contribution in [0, 0.1) is 11.8 Å². The van der Waals surface area contributed by atoms with Crippen LogP contribution >= 0.6 is 11.8 Å². The van der Waals surface area contributed by atoms with Crippen molar-refractivity contribution in [1.82, 2.24) is 25.0 Å². The topological polar surface area (TPSA) is 67.6 Å². The first-order valence-corrected chi connectivity index (χ1v) is 11.8. The lowest BCUT2D eigenvalue weighted by Crippen LogP contribution is -2.40. The van der Waals surface area contributed by atoms with E-state index in [1.165, 1.54) is 12.8 Å². The summed E-state index contributed by atoms with van der Waals surface area (Å²) in [6, 6.07) is 0. The number of nitrogens with one attached hydrogen (secondary N) is 1. The zero-order valence-corrected chi connectivity index (χ0v) is 19.1. The Bertz CT molecular complexity index is 600. The molecule has 0 unspecified atom stereocenters. The lowest BCUT2D eigenvalue weighted by molar-refractivity contribution is 0.115. The van der Waals surface area contributed by atoms with Gasteiger partial charge in [0.15, 0.2) is 11.1 Å². The third-order valence-electron chi connectivity index (χ3n) is 4.66. The molecule has 1 aromatic heterocycles. The molecule has 0 aliphatic heterocycles. The van der Waals surface area contributed by atoms with Crippen LogP contribution in [-0.4, -0.2) is 71.8 Å². The maximum absolute atomic E-state index is 5.75. The van der Waals surface area contributed by atoms with Crippen molar-refractivity contribution in [3.63, 3.8) is 0 Å². The van der Waals surface area contributed by atoms with Gasteiger partial charge in [-0.2, -0.15) is 0 Å². The number of ether oxygens (including phenoxy) is 1. The summed E-state index contributed by atoms with van der Waals surface area (Å²) in [5.74, 6) is 3.41. The summed E-state index contributed by atoms with van der Waals surface area (Å²) in [6.07, 6.45) is 6.59. The second-order valence-electron chi connectivity index (χ2n) is 7.89. The number of likely N-dealkylation sites (N-methyl/N-ethyl adjacent to an activating group) is 1. The zero-order valence-electron chi connectivity index (χ0n) is 18.3. The molecule has 0 saturated heterocycles. The van der Waals surface area contributed by atoms with Gasteiger partial charge in [0, 0.05) is 46.3 Å². The Labute approximate surface area is 174 Å². The van der Waals surface area contributed by atoms with Gasteiger partial charge in [0.25, 0.3) is 0 Å². The van der Waals surface area contributed by atoms with E-state index in [0.29, 0.717) is 5.92 Å². The number of aromatic nitrogens is 3. The third-order valence-corrected chi connectivity index (χ3v) is 5.33. The lowest BCUT2D eigenvalue weighted by atomic mass is 10.2. The summed E-state index contributed by atoms with van der Waals surface area (Å²) in [5, 5.41) is 13.1. The molecule has 28 heavy (non-hydrogen) atoms. The highest BCUT2D eigenvalue weighted by molar-refractivity contribution is 7.98. The van der Waals surface area contributed by atoms with Gasteiger partial charge in [-0.3, -0.25) is 4.99 Å². The Morgan fingerprint density at radius 2 is 2.18 bits per heavy atom. The molecule has 8 heteroatoms. The number of hydrogen-bond acceptors (Lipinski definition) is 5. The van der Waals surface area contributed by atoms with E-state index in [9.17, 15) is 0 Å². The van der Waals surface area contributed by atoms with Crippen molar-refractivity contribution in [3.05, 3.63) is 5.82 Å². The molecule has 0 spiro atoms. The number of hydrogen-bond donors (Lipinski definition) is 1. The maximum Gasteiger partial charge on any atom is 0.193 e. The molecule has 1 aliphatic carbocycles. The van der Waals surface area contributed by atoms with Crippen LogP contribution in [0.25, 0.3) is 0 Å². The van der Waals surface area contributed by atoms with E-state index in [2.05, 4.69) is 59.1 Å². The highest BCUT2D eigenvalue weighted by Crippen LogP contribution is 2.28. The minimum Gasteiger partial charge on any atom is -0.379 e.